The molecule has 0 saturated heterocycles. The number of aliphatic hydroxyl groups excluding tert-OH is 1. The molecule has 0 aromatic heterocycles. The van der Waals surface area contributed by atoms with Crippen molar-refractivity contribution in [3.8, 4) is 0 Å². The van der Waals surface area contributed by atoms with Gasteiger partial charge < -0.3 is 5.11 Å². The standard InChI is InChI=1S/C13H17ClO/c1-9-5-6-11(14)8-12(9)13(15)7-10-3-2-4-10/h5-6,8,10,13,15H,2-4,7H2,1H3. The third-order valence-corrected chi connectivity index (χ3v) is 3.62. The first-order valence-electron chi connectivity index (χ1n) is 5.61. The molecule has 0 aliphatic heterocycles. The monoisotopic (exact) mass is 224 g/mol. The molecule has 0 radical (unpaired) electrons. The second-order valence-electron chi connectivity index (χ2n) is 4.55. The minimum Gasteiger partial charge on any atom is -0.388 e. The van der Waals surface area contributed by atoms with Gasteiger partial charge in [0.05, 0.1) is 6.10 Å². The molecule has 1 aliphatic rings. The van der Waals surface area contributed by atoms with E-state index in [-0.39, 0.29) is 6.10 Å². The first-order chi connectivity index (χ1) is 7.16. The van der Waals surface area contributed by atoms with Crippen LogP contribution < -0.4 is 0 Å². The number of rotatable bonds is 3. The average molecular weight is 225 g/mol. The van der Waals surface area contributed by atoms with Crippen LogP contribution in [0.3, 0.4) is 0 Å². The van der Waals surface area contributed by atoms with Gasteiger partial charge >= 0.3 is 0 Å². The van der Waals surface area contributed by atoms with Crippen molar-refractivity contribution in [2.75, 3.05) is 0 Å². The molecule has 1 atom stereocenters. The Morgan fingerprint density at radius 3 is 2.80 bits per heavy atom. The van der Waals surface area contributed by atoms with Crippen LogP contribution in [0.15, 0.2) is 18.2 Å². The molecule has 1 aromatic carbocycles. The molecule has 1 nitrogen and oxygen atoms in total. The van der Waals surface area contributed by atoms with Crippen LogP contribution in [-0.2, 0) is 0 Å². The lowest BCUT2D eigenvalue weighted by atomic mass is 9.80. The zero-order chi connectivity index (χ0) is 10.8. The number of aryl methyl sites for hydroxylation is 1. The summed E-state index contributed by atoms with van der Waals surface area (Å²) in [5.41, 5.74) is 2.13. The maximum Gasteiger partial charge on any atom is 0.0795 e. The van der Waals surface area contributed by atoms with E-state index < -0.39 is 0 Å². The summed E-state index contributed by atoms with van der Waals surface area (Å²) >= 11 is 5.93. The summed E-state index contributed by atoms with van der Waals surface area (Å²) < 4.78 is 0. The Bertz CT molecular complexity index is 344. The first kappa shape index (κ1) is 11.0. The highest BCUT2D eigenvalue weighted by molar-refractivity contribution is 6.30. The largest absolute Gasteiger partial charge is 0.388 e. The molecule has 1 saturated carbocycles. The van der Waals surface area contributed by atoms with E-state index in [2.05, 4.69) is 0 Å². The van der Waals surface area contributed by atoms with E-state index in [1.807, 2.05) is 25.1 Å². The van der Waals surface area contributed by atoms with Crippen molar-refractivity contribution in [2.45, 2.75) is 38.7 Å². The molecule has 1 aliphatic carbocycles. The summed E-state index contributed by atoms with van der Waals surface area (Å²) in [5.74, 6) is 0.721. The Kier molecular flexibility index (Phi) is 3.32. The van der Waals surface area contributed by atoms with Gasteiger partial charge in [-0.15, -0.1) is 0 Å². The van der Waals surface area contributed by atoms with Crippen LogP contribution in [0.1, 0.15) is 42.9 Å². The van der Waals surface area contributed by atoms with Gasteiger partial charge in [0.1, 0.15) is 0 Å². The summed E-state index contributed by atoms with van der Waals surface area (Å²) in [6, 6.07) is 5.73. The summed E-state index contributed by atoms with van der Waals surface area (Å²) in [6.45, 7) is 2.02. The Morgan fingerprint density at radius 1 is 1.47 bits per heavy atom. The van der Waals surface area contributed by atoms with Crippen LogP contribution in [0.25, 0.3) is 0 Å². The third-order valence-electron chi connectivity index (χ3n) is 3.38. The van der Waals surface area contributed by atoms with Crippen molar-refractivity contribution in [3.05, 3.63) is 34.3 Å². The van der Waals surface area contributed by atoms with Crippen LogP contribution in [0.4, 0.5) is 0 Å². The van der Waals surface area contributed by atoms with Crippen LogP contribution in [0.2, 0.25) is 5.02 Å². The number of halogens is 1. The van der Waals surface area contributed by atoms with E-state index >= 15 is 0 Å². The molecule has 15 heavy (non-hydrogen) atoms. The van der Waals surface area contributed by atoms with E-state index in [1.165, 1.54) is 19.3 Å². The van der Waals surface area contributed by atoms with Crippen molar-refractivity contribution in [1.82, 2.24) is 0 Å². The molecule has 1 fully saturated rings. The van der Waals surface area contributed by atoms with Gasteiger partial charge in [-0.25, -0.2) is 0 Å². The lowest BCUT2D eigenvalue weighted by Crippen LogP contribution is -2.15. The highest BCUT2D eigenvalue weighted by Gasteiger charge is 2.22. The number of hydrogen-bond acceptors (Lipinski definition) is 1. The summed E-state index contributed by atoms with van der Waals surface area (Å²) in [4.78, 5) is 0. The molecular weight excluding hydrogens is 208 g/mol. The smallest absolute Gasteiger partial charge is 0.0795 e. The van der Waals surface area contributed by atoms with Crippen LogP contribution in [-0.4, -0.2) is 5.11 Å². The van der Waals surface area contributed by atoms with Crippen LogP contribution in [0.5, 0.6) is 0 Å². The van der Waals surface area contributed by atoms with Gasteiger partial charge in [-0.1, -0.05) is 36.9 Å². The number of aliphatic hydroxyl groups is 1. The lowest BCUT2D eigenvalue weighted by molar-refractivity contribution is 0.118. The highest BCUT2D eigenvalue weighted by Crippen LogP contribution is 2.35. The molecule has 1 aromatic rings. The van der Waals surface area contributed by atoms with Gasteiger partial charge in [0.15, 0.2) is 0 Å². The van der Waals surface area contributed by atoms with Gasteiger partial charge in [0.25, 0.3) is 0 Å². The Labute approximate surface area is 96.1 Å². The van der Waals surface area contributed by atoms with Crippen LogP contribution in [0, 0.1) is 12.8 Å². The van der Waals surface area contributed by atoms with E-state index in [4.69, 9.17) is 11.6 Å². The van der Waals surface area contributed by atoms with Crippen molar-refractivity contribution in [3.63, 3.8) is 0 Å². The Balaban J connectivity index is 2.09. The van der Waals surface area contributed by atoms with Crippen molar-refractivity contribution < 1.29 is 5.11 Å². The summed E-state index contributed by atoms with van der Waals surface area (Å²) in [5, 5.41) is 10.8. The minimum atomic E-state index is -0.339. The SMILES string of the molecule is Cc1ccc(Cl)cc1C(O)CC1CCC1. The molecule has 2 heteroatoms. The molecular formula is C13H17ClO. The second-order valence-corrected chi connectivity index (χ2v) is 4.99. The van der Waals surface area contributed by atoms with Gasteiger partial charge in [0, 0.05) is 5.02 Å². The normalized spacial score (nSPS) is 18.6. The number of hydrogen-bond donors (Lipinski definition) is 1. The quantitative estimate of drug-likeness (QED) is 0.827. The van der Waals surface area contributed by atoms with E-state index in [1.54, 1.807) is 0 Å². The first-order valence-corrected chi connectivity index (χ1v) is 5.98. The fraction of sp³-hybridized carbons (Fsp3) is 0.538. The lowest BCUT2D eigenvalue weighted by Gasteiger charge is -2.28. The summed E-state index contributed by atoms with van der Waals surface area (Å²) in [7, 11) is 0. The van der Waals surface area contributed by atoms with E-state index in [0.717, 1.165) is 23.5 Å². The Hall–Kier alpha value is -0.530. The fourth-order valence-corrected chi connectivity index (χ4v) is 2.32. The topological polar surface area (TPSA) is 20.2 Å². The van der Waals surface area contributed by atoms with E-state index in [9.17, 15) is 5.11 Å². The zero-order valence-corrected chi connectivity index (χ0v) is 9.80. The van der Waals surface area contributed by atoms with Crippen molar-refractivity contribution >= 4 is 11.6 Å². The molecule has 0 heterocycles. The molecule has 1 N–H and O–H groups in total. The highest BCUT2D eigenvalue weighted by atomic mass is 35.5. The second kappa shape index (κ2) is 4.54. The minimum absolute atomic E-state index is 0.339. The fourth-order valence-electron chi connectivity index (χ4n) is 2.14. The average Bonchev–Trinajstić information content (AvgIpc) is 2.15. The molecule has 0 amide bonds. The molecule has 0 spiro atoms. The molecule has 82 valence electrons. The van der Waals surface area contributed by atoms with Crippen molar-refractivity contribution in [2.24, 2.45) is 5.92 Å². The van der Waals surface area contributed by atoms with E-state index in [0.29, 0.717) is 5.02 Å². The maximum absolute atomic E-state index is 10.1. The number of benzene rings is 1. The van der Waals surface area contributed by atoms with Crippen LogP contribution >= 0.6 is 11.6 Å². The molecule has 1 unspecified atom stereocenters. The van der Waals surface area contributed by atoms with Gasteiger partial charge in [-0.2, -0.15) is 0 Å². The predicted octanol–water partition coefficient (Wildman–Crippen LogP) is 3.87. The third kappa shape index (κ3) is 2.53. The predicted molar refractivity (Wildman–Crippen MR) is 63.1 cm³/mol. The molecule has 0 bridgehead atoms. The Morgan fingerprint density at radius 2 is 2.20 bits per heavy atom. The van der Waals surface area contributed by atoms with Crippen molar-refractivity contribution in [1.29, 1.82) is 0 Å². The van der Waals surface area contributed by atoms with Gasteiger partial charge in [-0.3, -0.25) is 0 Å². The molecule has 2 rings (SSSR count). The maximum atomic E-state index is 10.1. The summed E-state index contributed by atoms with van der Waals surface area (Å²) in [6.07, 6.45) is 4.43. The van der Waals surface area contributed by atoms with Gasteiger partial charge in [-0.05, 0) is 42.5 Å². The van der Waals surface area contributed by atoms with Gasteiger partial charge in [0.2, 0.25) is 0 Å². The zero-order valence-electron chi connectivity index (χ0n) is 9.04.